The Balaban J connectivity index is 1.82. The zero-order valence-corrected chi connectivity index (χ0v) is 18.4. The van der Waals surface area contributed by atoms with Gasteiger partial charge >= 0.3 is 5.97 Å². The number of anilines is 2. The van der Waals surface area contributed by atoms with Crippen LogP contribution in [-0.4, -0.2) is 52.7 Å². The lowest BCUT2D eigenvalue weighted by molar-refractivity contribution is -0.110. The van der Waals surface area contributed by atoms with Crippen molar-refractivity contribution in [3.63, 3.8) is 0 Å². The van der Waals surface area contributed by atoms with Gasteiger partial charge in [-0.25, -0.2) is 14.8 Å². The van der Waals surface area contributed by atoms with E-state index in [0.717, 1.165) is 25.1 Å². The first-order chi connectivity index (χ1) is 14.9. The second-order valence-electron chi connectivity index (χ2n) is 7.44. The Morgan fingerprint density at radius 3 is 2.90 bits per heavy atom. The maximum absolute atomic E-state index is 12.6. The van der Waals surface area contributed by atoms with Crippen LogP contribution in [0.2, 0.25) is 0 Å². The molecule has 3 heterocycles. The Bertz CT molecular complexity index is 982. The summed E-state index contributed by atoms with van der Waals surface area (Å²) in [5.74, 6) is -0.347. The maximum atomic E-state index is 12.6. The molecule has 1 aliphatic heterocycles. The molecule has 31 heavy (non-hydrogen) atoms. The van der Waals surface area contributed by atoms with Gasteiger partial charge in [-0.3, -0.25) is 4.79 Å². The maximum Gasteiger partial charge on any atom is 0.340 e. The van der Waals surface area contributed by atoms with Crippen molar-refractivity contribution in [2.75, 3.05) is 30.5 Å². The number of hydrogen-bond donors (Lipinski definition) is 3. The largest absolute Gasteiger partial charge is 0.462 e. The summed E-state index contributed by atoms with van der Waals surface area (Å²) in [4.78, 5) is 36.7. The Morgan fingerprint density at radius 1 is 1.35 bits per heavy atom. The molecule has 3 N–H and O–H groups in total. The van der Waals surface area contributed by atoms with Crippen molar-refractivity contribution in [3.8, 4) is 0 Å². The second kappa shape index (κ2) is 10.2. The number of carbonyl (C=O) groups is 2. The van der Waals surface area contributed by atoms with Crippen molar-refractivity contribution in [1.82, 2.24) is 15.0 Å². The molecular weight excluding hydrogens is 398 g/mol. The molecule has 0 unspecified atom stereocenters. The van der Waals surface area contributed by atoms with Crippen LogP contribution in [0.5, 0.6) is 0 Å². The van der Waals surface area contributed by atoms with E-state index in [0.29, 0.717) is 40.8 Å². The van der Waals surface area contributed by atoms with Gasteiger partial charge in [0.15, 0.2) is 0 Å². The van der Waals surface area contributed by atoms with Crippen molar-refractivity contribution < 1.29 is 19.1 Å². The van der Waals surface area contributed by atoms with Crippen LogP contribution in [0, 0.1) is 6.92 Å². The minimum absolute atomic E-state index is 0.00822. The molecule has 0 spiro atoms. The monoisotopic (exact) mass is 427 g/mol. The number of hydrogen-bond acceptors (Lipinski definition) is 7. The van der Waals surface area contributed by atoms with Crippen LogP contribution in [-0.2, 0) is 14.3 Å². The van der Waals surface area contributed by atoms with Gasteiger partial charge in [0.2, 0.25) is 5.95 Å². The summed E-state index contributed by atoms with van der Waals surface area (Å²) < 4.78 is 10.7. The fourth-order valence-electron chi connectivity index (χ4n) is 3.19. The smallest absolute Gasteiger partial charge is 0.340 e. The number of amides is 1. The van der Waals surface area contributed by atoms with Crippen LogP contribution >= 0.6 is 0 Å². The first-order valence-electron chi connectivity index (χ1n) is 10.5. The highest BCUT2D eigenvalue weighted by Crippen LogP contribution is 2.32. The number of esters is 1. The van der Waals surface area contributed by atoms with Crippen molar-refractivity contribution in [3.05, 3.63) is 34.9 Å². The summed E-state index contributed by atoms with van der Waals surface area (Å²) in [5, 5.41) is 5.97. The summed E-state index contributed by atoms with van der Waals surface area (Å²) in [6.45, 7) is 9.20. The molecule has 9 nitrogen and oxygen atoms in total. The zero-order valence-electron chi connectivity index (χ0n) is 18.4. The number of H-pyrrole nitrogens is 1. The van der Waals surface area contributed by atoms with Gasteiger partial charge in [-0.05, 0) is 39.3 Å². The summed E-state index contributed by atoms with van der Waals surface area (Å²) in [5.41, 5.74) is 3.01. The molecule has 1 aliphatic rings. The van der Waals surface area contributed by atoms with E-state index in [1.54, 1.807) is 25.3 Å². The van der Waals surface area contributed by atoms with Crippen LogP contribution in [0.15, 0.2) is 12.3 Å². The third-order valence-corrected chi connectivity index (χ3v) is 4.69. The van der Waals surface area contributed by atoms with Gasteiger partial charge in [0.25, 0.3) is 5.91 Å². The van der Waals surface area contributed by atoms with E-state index in [2.05, 4.69) is 32.5 Å². The van der Waals surface area contributed by atoms with Crippen LogP contribution in [0.1, 0.15) is 61.1 Å². The molecular formula is C22H29N5O4. The summed E-state index contributed by atoms with van der Waals surface area (Å²) in [6.07, 6.45) is 5.30. The van der Waals surface area contributed by atoms with Crippen molar-refractivity contribution >= 4 is 35.2 Å². The molecule has 0 aromatic carbocycles. The lowest BCUT2D eigenvalue weighted by Crippen LogP contribution is -2.23. The molecule has 3 rings (SSSR count). The van der Waals surface area contributed by atoms with E-state index >= 15 is 0 Å². The van der Waals surface area contributed by atoms with Crippen LogP contribution in [0.4, 0.5) is 11.6 Å². The fourth-order valence-corrected chi connectivity index (χ4v) is 3.19. The average Bonchev–Trinajstić information content (AvgIpc) is 3.25. The van der Waals surface area contributed by atoms with Crippen LogP contribution < -0.4 is 10.6 Å². The molecule has 2 aromatic rings. The Hall–Kier alpha value is -3.20. The number of nitrogens with zero attached hydrogens (tertiary/aromatic N) is 2. The number of aromatic nitrogens is 3. The summed E-state index contributed by atoms with van der Waals surface area (Å²) in [6, 6.07) is 1.71. The highest BCUT2D eigenvalue weighted by Gasteiger charge is 2.28. The number of rotatable bonds is 10. The van der Waals surface area contributed by atoms with Crippen molar-refractivity contribution in [2.45, 2.75) is 46.6 Å². The van der Waals surface area contributed by atoms with Gasteiger partial charge < -0.3 is 25.1 Å². The molecule has 1 amide bonds. The van der Waals surface area contributed by atoms with Crippen LogP contribution in [0.3, 0.4) is 0 Å². The van der Waals surface area contributed by atoms with E-state index < -0.39 is 5.97 Å². The Labute approximate surface area is 181 Å². The molecule has 0 aliphatic carbocycles. The molecule has 0 saturated carbocycles. The van der Waals surface area contributed by atoms with E-state index in [-0.39, 0.29) is 18.6 Å². The van der Waals surface area contributed by atoms with Crippen molar-refractivity contribution in [1.29, 1.82) is 0 Å². The Kier molecular flexibility index (Phi) is 7.41. The number of aryl methyl sites for hydroxylation is 1. The van der Waals surface area contributed by atoms with Gasteiger partial charge in [0, 0.05) is 18.3 Å². The average molecular weight is 428 g/mol. The fraction of sp³-hybridized carbons (Fsp3) is 0.455. The highest BCUT2D eigenvalue weighted by molar-refractivity contribution is 6.34. The van der Waals surface area contributed by atoms with Gasteiger partial charge in [0.05, 0.1) is 41.9 Å². The second-order valence-corrected chi connectivity index (χ2v) is 7.44. The number of unbranched alkanes of at least 4 members (excludes halogenated alkanes) is 1. The van der Waals surface area contributed by atoms with Crippen molar-refractivity contribution in [2.24, 2.45) is 0 Å². The SMILES string of the molecule is CCCCOC[C@H](C)Nc1ncc2c(n1)/C(=C/c1[nH]c(C)cc1C(=O)OCC)C(=O)N2. The highest BCUT2D eigenvalue weighted by atomic mass is 16.5. The molecule has 0 radical (unpaired) electrons. The predicted octanol–water partition coefficient (Wildman–Crippen LogP) is 3.40. The van der Waals surface area contributed by atoms with E-state index in [1.807, 2.05) is 13.8 Å². The predicted molar refractivity (Wildman–Crippen MR) is 119 cm³/mol. The van der Waals surface area contributed by atoms with Crippen LogP contribution in [0.25, 0.3) is 11.6 Å². The lowest BCUT2D eigenvalue weighted by Gasteiger charge is -2.14. The van der Waals surface area contributed by atoms with Gasteiger partial charge in [-0.2, -0.15) is 0 Å². The quantitative estimate of drug-likeness (QED) is 0.302. The first kappa shape index (κ1) is 22.5. The third-order valence-electron chi connectivity index (χ3n) is 4.69. The number of carbonyl (C=O) groups excluding carboxylic acids is 2. The van der Waals surface area contributed by atoms with E-state index in [1.165, 1.54) is 0 Å². The molecule has 0 bridgehead atoms. The number of fused-ring (bicyclic) bond motifs is 1. The van der Waals surface area contributed by atoms with E-state index in [9.17, 15) is 9.59 Å². The van der Waals surface area contributed by atoms with Gasteiger partial charge in [-0.1, -0.05) is 13.3 Å². The van der Waals surface area contributed by atoms with Gasteiger partial charge in [0.1, 0.15) is 5.69 Å². The minimum Gasteiger partial charge on any atom is -0.462 e. The molecule has 166 valence electrons. The molecule has 9 heteroatoms. The molecule has 0 fully saturated rings. The summed E-state index contributed by atoms with van der Waals surface area (Å²) >= 11 is 0. The Morgan fingerprint density at radius 2 is 2.16 bits per heavy atom. The normalized spacial score (nSPS) is 15.0. The lowest BCUT2D eigenvalue weighted by atomic mass is 10.1. The molecule has 0 saturated heterocycles. The standard InChI is InChI=1S/C22H29N5O4/c1-5-7-8-30-12-14(4)25-22-23-11-18-19(27-22)16(20(28)26-18)10-17-15(9-13(3)24-17)21(29)31-6-2/h9-11,14,24H,5-8,12H2,1-4H3,(H,26,28)(H,23,25,27)/b16-10-/t14-/m0/s1. The molecule has 2 aromatic heterocycles. The number of ether oxygens (including phenoxy) is 2. The van der Waals surface area contributed by atoms with Gasteiger partial charge in [-0.15, -0.1) is 0 Å². The molecule has 1 atom stereocenters. The van der Waals surface area contributed by atoms with E-state index in [4.69, 9.17) is 9.47 Å². The third kappa shape index (κ3) is 5.49. The summed E-state index contributed by atoms with van der Waals surface area (Å²) in [7, 11) is 0. The zero-order chi connectivity index (χ0) is 22.4. The number of nitrogens with one attached hydrogen (secondary N) is 3. The number of aromatic amines is 1. The minimum atomic E-state index is -0.445. The topological polar surface area (TPSA) is 118 Å². The first-order valence-corrected chi connectivity index (χ1v) is 10.5.